The van der Waals surface area contributed by atoms with Crippen LogP contribution in [0.15, 0.2) is 59.4 Å². The number of anilines is 2. The van der Waals surface area contributed by atoms with Crippen molar-refractivity contribution in [1.29, 1.82) is 0 Å². The number of rotatable bonds is 6. The maximum absolute atomic E-state index is 13.8. The van der Waals surface area contributed by atoms with Crippen LogP contribution in [0.3, 0.4) is 0 Å². The van der Waals surface area contributed by atoms with E-state index in [1.165, 1.54) is 13.2 Å². The number of morpholine rings is 1. The summed E-state index contributed by atoms with van der Waals surface area (Å²) in [6.45, 7) is 4.82. The van der Waals surface area contributed by atoms with Gasteiger partial charge in [-0.2, -0.15) is 0 Å². The average Bonchev–Trinajstić information content (AvgIpc) is 3.43. The maximum Gasteiger partial charge on any atom is 0.410 e. The van der Waals surface area contributed by atoms with Gasteiger partial charge in [0.2, 0.25) is 5.56 Å². The standard InChI is InChI=1S/C31H31N5O6/c1-19-12-27(37)34-28-23(19)14-22(15-26(28)40-2)32-30(38)24-13-21-16-36(31(39)42-18-20-6-4-3-5-7-20)17-25(21)33-29(24)35-8-10-41-11-9-35/h3-7,12-15H,8-11,16-18H2,1-2H3,(H,32,38)(H,34,37). The monoisotopic (exact) mass is 569 g/mol. The number of carbonyl (C=O) groups is 2. The summed E-state index contributed by atoms with van der Waals surface area (Å²) in [6.07, 6.45) is -0.438. The highest BCUT2D eigenvalue weighted by Gasteiger charge is 2.30. The van der Waals surface area contributed by atoms with Gasteiger partial charge in [-0.3, -0.25) is 14.5 Å². The van der Waals surface area contributed by atoms with Gasteiger partial charge in [0.05, 0.1) is 50.2 Å². The van der Waals surface area contributed by atoms with Gasteiger partial charge in [-0.1, -0.05) is 30.3 Å². The Morgan fingerprint density at radius 3 is 2.62 bits per heavy atom. The summed E-state index contributed by atoms with van der Waals surface area (Å²) < 4.78 is 16.6. The minimum atomic E-state index is -0.438. The Kier molecular flexibility index (Phi) is 7.49. The molecule has 0 radical (unpaired) electrons. The Morgan fingerprint density at radius 2 is 1.86 bits per heavy atom. The van der Waals surface area contributed by atoms with E-state index in [1.54, 1.807) is 17.0 Å². The number of aromatic amines is 1. The van der Waals surface area contributed by atoms with Crippen LogP contribution in [0.25, 0.3) is 10.9 Å². The second-order valence-electron chi connectivity index (χ2n) is 10.3. The van der Waals surface area contributed by atoms with Crippen molar-refractivity contribution in [2.75, 3.05) is 43.6 Å². The summed E-state index contributed by atoms with van der Waals surface area (Å²) in [6, 6.07) is 16.3. The van der Waals surface area contributed by atoms with Crippen LogP contribution in [0.2, 0.25) is 0 Å². The molecule has 0 saturated carbocycles. The fourth-order valence-electron chi connectivity index (χ4n) is 5.34. The van der Waals surface area contributed by atoms with Crippen molar-refractivity contribution >= 4 is 34.4 Å². The van der Waals surface area contributed by atoms with Crippen LogP contribution in [-0.4, -0.2) is 60.3 Å². The number of pyridine rings is 2. The van der Waals surface area contributed by atoms with Crippen LogP contribution < -0.4 is 20.5 Å². The van der Waals surface area contributed by atoms with E-state index in [1.807, 2.05) is 48.2 Å². The molecule has 2 aromatic heterocycles. The van der Waals surface area contributed by atoms with Gasteiger partial charge in [0.1, 0.15) is 18.2 Å². The molecule has 6 rings (SSSR count). The Balaban J connectivity index is 1.28. The van der Waals surface area contributed by atoms with E-state index in [4.69, 9.17) is 19.2 Å². The second-order valence-corrected chi connectivity index (χ2v) is 10.3. The zero-order chi connectivity index (χ0) is 29.2. The number of ether oxygens (including phenoxy) is 3. The van der Waals surface area contributed by atoms with Gasteiger partial charge < -0.3 is 29.4 Å². The minimum Gasteiger partial charge on any atom is -0.494 e. The summed E-state index contributed by atoms with van der Waals surface area (Å²) in [4.78, 5) is 50.1. The molecule has 0 spiro atoms. The lowest BCUT2D eigenvalue weighted by molar-refractivity contribution is 0.0952. The van der Waals surface area contributed by atoms with Crippen LogP contribution in [0.4, 0.5) is 16.3 Å². The van der Waals surface area contributed by atoms with Crippen molar-refractivity contribution in [1.82, 2.24) is 14.9 Å². The van der Waals surface area contributed by atoms with E-state index in [9.17, 15) is 14.4 Å². The first-order chi connectivity index (χ1) is 20.4. The Bertz CT molecular complexity index is 1710. The number of benzene rings is 2. The van der Waals surface area contributed by atoms with Crippen molar-refractivity contribution in [3.8, 4) is 5.75 Å². The molecule has 2 N–H and O–H groups in total. The van der Waals surface area contributed by atoms with Crippen molar-refractivity contribution in [2.24, 2.45) is 0 Å². The smallest absolute Gasteiger partial charge is 0.410 e. The molecule has 4 heterocycles. The summed E-state index contributed by atoms with van der Waals surface area (Å²) in [5, 5.41) is 3.75. The van der Waals surface area contributed by atoms with E-state index in [0.29, 0.717) is 61.2 Å². The number of H-pyrrole nitrogens is 1. The number of nitrogens with zero attached hydrogens (tertiary/aromatic N) is 3. The molecule has 1 fully saturated rings. The van der Waals surface area contributed by atoms with Gasteiger partial charge in [0, 0.05) is 36.3 Å². The first-order valence-corrected chi connectivity index (χ1v) is 13.7. The van der Waals surface area contributed by atoms with Crippen LogP contribution in [0.5, 0.6) is 5.75 Å². The highest BCUT2D eigenvalue weighted by atomic mass is 16.6. The average molecular weight is 570 g/mol. The van der Waals surface area contributed by atoms with Gasteiger partial charge in [-0.05, 0) is 35.7 Å². The Morgan fingerprint density at radius 1 is 1.07 bits per heavy atom. The number of aromatic nitrogens is 2. The topological polar surface area (TPSA) is 126 Å². The van der Waals surface area contributed by atoms with E-state index in [0.717, 1.165) is 27.8 Å². The number of hydrogen-bond acceptors (Lipinski definition) is 8. The summed E-state index contributed by atoms with van der Waals surface area (Å²) in [5.41, 5.74) is 4.43. The number of nitrogens with one attached hydrogen (secondary N) is 2. The molecule has 0 aliphatic carbocycles. The number of amides is 2. The molecule has 0 atom stereocenters. The molecule has 0 unspecified atom stereocenters. The largest absolute Gasteiger partial charge is 0.494 e. The summed E-state index contributed by atoms with van der Waals surface area (Å²) >= 11 is 0. The molecule has 1 saturated heterocycles. The third-order valence-corrected chi connectivity index (χ3v) is 7.49. The number of fused-ring (bicyclic) bond motifs is 2. The molecular formula is C31H31N5O6. The third-order valence-electron chi connectivity index (χ3n) is 7.49. The molecule has 2 aliphatic rings. The predicted octanol–water partition coefficient (Wildman–Crippen LogP) is 3.98. The molecule has 2 amide bonds. The van der Waals surface area contributed by atoms with Crippen LogP contribution in [0, 0.1) is 6.92 Å². The van der Waals surface area contributed by atoms with Gasteiger partial charge in [-0.15, -0.1) is 0 Å². The van der Waals surface area contributed by atoms with E-state index in [2.05, 4.69) is 10.3 Å². The Labute approximate surface area is 242 Å². The van der Waals surface area contributed by atoms with Gasteiger partial charge in [0.15, 0.2) is 0 Å². The van der Waals surface area contributed by atoms with Crippen molar-refractivity contribution in [2.45, 2.75) is 26.6 Å². The lowest BCUT2D eigenvalue weighted by atomic mass is 10.1. The Hall–Kier alpha value is -4.90. The molecule has 2 aromatic carbocycles. The van der Waals surface area contributed by atoms with Crippen LogP contribution >= 0.6 is 0 Å². The highest BCUT2D eigenvalue weighted by Crippen LogP contribution is 2.32. The minimum absolute atomic E-state index is 0.176. The number of hydrogen-bond donors (Lipinski definition) is 2. The van der Waals surface area contributed by atoms with Gasteiger partial charge in [-0.25, -0.2) is 9.78 Å². The fourth-order valence-corrected chi connectivity index (χ4v) is 5.34. The maximum atomic E-state index is 13.8. The molecule has 2 aliphatic heterocycles. The lowest BCUT2D eigenvalue weighted by Crippen LogP contribution is -2.38. The van der Waals surface area contributed by atoms with Crippen molar-refractivity contribution in [3.05, 3.63) is 92.9 Å². The molecule has 0 bridgehead atoms. The predicted molar refractivity (Wildman–Crippen MR) is 157 cm³/mol. The lowest BCUT2D eigenvalue weighted by Gasteiger charge is -2.29. The summed E-state index contributed by atoms with van der Waals surface area (Å²) in [5.74, 6) is 0.636. The quantitative estimate of drug-likeness (QED) is 0.357. The molecule has 216 valence electrons. The molecule has 4 aromatic rings. The highest BCUT2D eigenvalue weighted by molar-refractivity contribution is 6.09. The molecular weight excluding hydrogens is 538 g/mol. The zero-order valence-corrected chi connectivity index (χ0v) is 23.4. The normalized spacial score (nSPS) is 14.5. The molecule has 42 heavy (non-hydrogen) atoms. The third kappa shape index (κ3) is 5.51. The molecule has 11 nitrogen and oxygen atoms in total. The number of methoxy groups -OCH3 is 1. The number of aryl methyl sites for hydroxylation is 1. The van der Waals surface area contributed by atoms with Gasteiger partial charge in [0.25, 0.3) is 5.91 Å². The van der Waals surface area contributed by atoms with Crippen molar-refractivity contribution < 1.29 is 23.8 Å². The fraction of sp³-hybridized carbons (Fsp3) is 0.290. The van der Waals surface area contributed by atoms with Crippen LogP contribution in [0.1, 0.15) is 32.7 Å². The summed E-state index contributed by atoms with van der Waals surface area (Å²) in [7, 11) is 1.51. The first-order valence-electron chi connectivity index (χ1n) is 13.7. The van der Waals surface area contributed by atoms with Crippen molar-refractivity contribution in [3.63, 3.8) is 0 Å². The second kappa shape index (κ2) is 11.5. The van der Waals surface area contributed by atoms with Crippen LogP contribution in [-0.2, 0) is 29.2 Å². The SMILES string of the molecule is COc1cc(NC(=O)c2cc3c(nc2N2CCOCC2)CN(C(=O)OCc2ccccc2)C3)cc2c(C)cc(=O)[nH]c12. The van der Waals surface area contributed by atoms with E-state index < -0.39 is 6.09 Å². The number of carbonyl (C=O) groups excluding carboxylic acids is 2. The van der Waals surface area contributed by atoms with E-state index >= 15 is 0 Å². The first kappa shape index (κ1) is 27.3. The van der Waals surface area contributed by atoms with Gasteiger partial charge >= 0.3 is 6.09 Å². The molecule has 11 heteroatoms. The zero-order valence-electron chi connectivity index (χ0n) is 23.4. The van der Waals surface area contributed by atoms with E-state index in [-0.39, 0.29) is 24.6 Å².